The molecular weight excluding hydrogens is 268 g/mol. The fraction of sp³-hybridized carbons (Fsp3) is 0.267. The molecule has 21 heavy (non-hydrogen) atoms. The van der Waals surface area contributed by atoms with Gasteiger partial charge in [0.25, 0.3) is 5.91 Å². The van der Waals surface area contributed by atoms with E-state index >= 15 is 0 Å². The third-order valence-electron chi connectivity index (χ3n) is 3.19. The van der Waals surface area contributed by atoms with Crippen LogP contribution in [-0.2, 0) is 6.54 Å². The number of rotatable bonds is 3. The smallest absolute Gasteiger partial charge is 0.255 e. The highest BCUT2D eigenvalue weighted by atomic mass is 16.5. The normalized spacial score (nSPS) is 12.8. The minimum absolute atomic E-state index is 0.174. The van der Waals surface area contributed by atoms with E-state index in [4.69, 9.17) is 4.74 Å². The average Bonchev–Trinajstić information content (AvgIpc) is 2.52. The van der Waals surface area contributed by atoms with E-state index in [2.05, 4.69) is 20.6 Å². The van der Waals surface area contributed by atoms with Crippen molar-refractivity contribution < 1.29 is 9.53 Å². The molecule has 1 aliphatic rings. The summed E-state index contributed by atoms with van der Waals surface area (Å²) in [6.45, 7) is 3.48. The van der Waals surface area contributed by atoms with E-state index < -0.39 is 0 Å². The van der Waals surface area contributed by atoms with Crippen LogP contribution in [0, 0.1) is 6.92 Å². The van der Waals surface area contributed by atoms with E-state index in [0.717, 1.165) is 17.9 Å². The Balaban J connectivity index is 1.74. The molecule has 0 radical (unpaired) electrons. The number of aryl methyl sites for hydroxylation is 1. The molecule has 6 heteroatoms. The molecule has 1 aromatic heterocycles. The van der Waals surface area contributed by atoms with Gasteiger partial charge in [0.2, 0.25) is 0 Å². The molecule has 0 spiro atoms. The van der Waals surface area contributed by atoms with Gasteiger partial charge in [-0.25, -0.2) is 9.97 Å². The van der Waals surface area contributed by atoms with Crippen LogP contribution in [-0.4, -0.2) is 29.0 Å². The lowest BCUT2D eigenvalue weighted by molar-refractivity contribution is 0.0946. The average molecular weight is 284 g/mol. The van der Waals surface area contributed by atoms with Crippen LogP contribution in [0.2, 0.25) is 0 Å². The number of benzene rings is 1. The number of amides is 1. The summed E-state index contributed by atoms with van der Waals surface area (Å²) in [5.74, 6) is 1.12. The number of carbonyl (C=O) groups excluding carboxylic acids is 1. The zero-order valence-electron chi connectivity index (χ0n) is 11.7. The van der Waals surface area contributed by atoms with Gasteiger partial charge in [0.15, 0.2) is 5.75 Å². The van der Waals surface area contributed by atoms with Crippen molar-refractivity contribution in [1.29, 1.82) is 0 Å². The van der Waals surface area contributed by atoms with Crippen molar-refractivity contribution >= 4 is 11.6 Å². The number of fused-ring (bicyclic) bond motifs is 1. The van der Waals surface area contributed by atoms with Gasteiger partial charge in [-0.05, 0) is 25.1 Å². The van der Waals surface area contributed by atoms with E-state index in [1.807, 2.05) is 19.1 Å². The van der Waals surface area contributed by atoms with Crippen LogP contribution in [0.15, 0.2) is 30.5 Å². The Morgan fingerprint density at radius 2 is 2.33 bits per heavy atom. The molecule has 1 aliphatic heterocycles. The maximum atomic E-state index is 12.3. The van der Waals surface area contributed by atoms with E-state index in [0.29, 0.717) is 30.3 Å². The third kappa shape index (κ3) is 2.94. The van der Waals surface area contributed by atoms with E-state index in [1.165, 1.54) is 0 Å². The fourth-order valence-electron chi connectivity index (χ4n) is 2.22. The zero-order chi connectivity index (χ0) is 14.7. The molecule has 0 fully saturated rings. The van der Waals surface area contributed by atoms with Crippen molar-refractivity contribution in [3.63, 3.8) is 0 Å². The Morgan fingerprint density at radius 1 is 1.43 bits per heavy atom. The zero-order valence-corrected chi connectivity index (χ0v) is 11.7. The van der Waals surface area contributed by atoms with Crippen molar-refractivity contribution in [2.24, 2.45) is 0 Å². The summed E-state index contributed by atoms with van der Waals surface area (Å²) in [7, 11) is 0. The Bertz CT molecular complexity index is 672. The second-order valence-corrected chi connectivity index (χ2v) is 4.74. The largest absolute Gasteiger partial charge is 0.489 e. The molecule has 1 aromatic carbocycles. The van der Waals surface area contributed by atoms with Gasteiger partial charge in [-0.1, -0.05) is 6.07 Å². The minimum Gasteiger partial charge on any atom is -0.489 e. The summed E-state index contributed by atoms with van der Waals surface area (Å²) in [6.07, 6.45) is 1.68. The van der Waals surface area contributed by atoms with Crippen LogP contribution >= 0.6 is 0 Å². The molecule has 0 saturated heterocycles. The van der Waals surface area contributed by atoms with Crippen molar-refractivity contribution in [3.05, 3.63) is 47.5 Å². The van der Waals surface area contributed by atoms with Crippen LogP contribution in [0.1, 0.15) is 21.9 Å². The first-order valence-electron chi connectivity index (χ1n) is 6.80. The SMILES string of the molecule is Cc1nccc(CNC(=O)c2cccc3c2OCCN3)n1. The number of carbonyl (C=O) groups is 1. The fourth-order valence-corrected chi connectivity index (χ4v) is 2.22. The van der Waals surface area contributed by atoms with E-state index in [1.54, 1.807) is 18.3 Å². The lowest BCUT2D eigenvalue weighted by Crippen LogP contribution is -2.26. The van der Waals surface area contributed by atoms with Crippen LogP contribution in [0.25, 0.3) is 0 Å². The third-order valence-corrected chi connectivity index (χ3v) is 3.19. The van der Waals surface area contributed by atoms with Crippen LogP contribution in [0.4, 0.5) is 5.69 Å². The van der Waals surface area contributed by atoms with Crippen molar-refractivity contribution in [2.45, 2.75) is 13.5 Å². The van der Waals surface area contributed by atoms with Crippen molar-refractivity contribution in [2.75, 3.05) is 18.5 Å². The molecule has 0 atom stereocenters. The number of anilines is 1. The van der Waals surface area contributed by atoms with Crippen molar-refractivity contribution in [3.8, 4) is 5.75 Å². The molecule has 3 rings (SSSR count). The second kappa shape index (κ2) is 5.78. The first-order valence-corrected chi connectivity index (χ1v) is 6.80. The Kier molecular flexibility index (Phi) is 3.68. The summed E-state index contributed by atoms with van der Waals surface area (Å²) in [5, 5.41) is 6.07. The number of hydrogen-bond acceptors (Lipinski definition) is 5. The molecule has 108 valence electrons. The van der Waals surface area contributed by atoms with E-state index in [-0.39, 0.29) is 5.91 Å². The van der Waals surface area contributed by atoms with Gasteiger partial charge in [0.05, 0.1) is 23.5 Å². The summed E-state index contributed by atoms with van der Waals surface area (Å²) in [4.78, 5) is 20.6. The van der Waals surface area contributed by atoms with Crippen LogP contribution in [0.5, 0.6) is 5.75 Å². The number of hydrogen-bond donors (Lipinski definition) is 2. The maximum absolute atomic E-state index is 12.3. The summed E-state index contributed by atoms with van der Waals surface area (Å²) in [5.41, 5.74) is 2.16. The highest BCUT2D eigenvalue weighted by molar-refractivity contribution is 5.98. The molecule has 2 aromatic rings. The summed E-state index contributed by atoms with van der Waals surface area (Å²) >= 11 is 0. The Hall–Kier alpha value is -2.63. The van der Waals surface area contributed by atoms with Gasteiger partial charge in [0.1, 0.15) is 12.4 Å². The van der Waals surface area contributed by atoms with Gasteiger partial charge in [-0.15, -0.1) is 0 Å². The van der Waals surface area contributed by atoms with Crippen LogP contribution in [0.3, 0.4) is 0 Å². The number of para-hydroxylation sites is 1. The molecule has 2 N–H and O–H groups in total. The van der Waals surface area contributed by atoms with Gasteiger partial charge >= 0.3 is 0 Å². The number of nitrogens with one attached hydrogen (secondary N) is 2. The highest BCUT2D eigenvalue weighted by Crippen LogP contribution is 2.31. The van der Waals surface area contributed by atoms with Gasteiger partial charge in [-0.2, -0.15) is 0 Å². The Labute approximate surface area is 122 Å². The number of nitrogens with zero attached hydrogens (tertiary/aromatic N) is 2. The monoisotopic (exact) mass is 284 g/mol. The molecule has 1 amide bonds. The van der Waals surface area contributed by atoms with Gasteiger partial charge in [-0.3, -0.25) is 4.79 Å². The molecule has 2 heterocycles. The summed E-state index contributed by atoms with van der Waals surface area (Å²) < 4.78 is 5.60. The first kappa shape index (κ1) is 13.4. The second-order valence-electron chi connectivity index (χ2n) is 4.74. The standard InChI is InChI=1S/C15H16N4O2/c1-10-16-6-5-11(19-10)9-18-15(20)12-3-2-4-13-14(12)21-8-7-17-13/h2-6,17H,7-9H2,1H3,(H,18,20). The predicted octanol–water partition coefficient (Wildman–Crippen LogP) is 1.52. The Morgan fingerprint density at radius 3 is 3.19 bits per heavy atom. The first-order chi connectivity index (χ1) is 10.2. The van der Waals surface area contributed by atoms with E-state index in [9.17, 15) is 4.79 Å². The maximum Gasteiger partial charge on any atom is 0.255 e. The number of aromatic nitrogens is 2. The van der Waals surface area contributed by atoms with Crippen molar-refractivity contribution in [1.82, 2.24) is 15.3 Å². The molecular formula is C15H16N4O2. The lowest BCUT2D eigenvalue weighted by Gasteiger charge is -2.21. The van der Waals surface area contributed by atoms with Gasteiger partial charge in [0, 0.05) is 12.7 Å². The molecule has 0 aliphatic carbocycles. The summed E-state index contributed by atoms with van der Waals surface area (Å²) in [6, 6.07) is 7.28. The minimum atomic E-state index is -0.174. The molecule has 0 unspecified atom stereocenters. The van der Waals surface area contributed by atoms with Crippen LogP contribution < -0.4 is 15.4 Å². The van der Waals surface area contributed by atoms with Gasteiger partial charge < -0.3 is 15.4 Å². The highest BCUT2D eigenvalue weighted by Gasteiger charge is 2.18. The topological polar surface area (TPSA) is 76.1 Å². The number of ether oxygens (including phenoxy) is 1. The predicted molar refractivity (Wildman–Crippen MR) is 78.4 cm³/mol. The molecule has 0 bridgehead atoms. The lowest BCUT2D eigenvalue weighted by atomic mass is 10.1. The molecule has 0 saturated carbocycles. The molecule has 6 nitrogen and oxygen atoms in total. The quantitative estimate of drug-likeness (QED) is 0.893.